The molecule has 1 N–H and O–H groups in total. The Morgan fingerprint density at radius 1 is 0.974 bits per heavy atom. The van der Waals surface area contributed by atoms with E-state index in [1.54, 1.807) is 19.2 Å². The Morgan fingerprint density at radius 3 is 2.21 bits per heavy atom. The fraction of sp³-hybridized carbons (Fsp3) is 0.370. The first-order valence-electron chi connectivity index (χ1n) is 11.9. The van der Waals surface area contributed by atoms with Crippen LogP contribution in [0.4, 0.5) is 30.7 Å². The predicted octanol–water partition coefficient (Wildman–Crippen LogP) is 5.60. The molecular weight excluding hydrogens is 533 g/mol. The molecule has 2 aliphatic rings. The first-order chi connectivity index (χ1) is 18.0. The summed E-state index contributed by atoms with van der Waals surface area (Å²) in [5.41, 5.74) is -7.27. The molecule has 0 aromatic heterocycles. The van der Waals surface area contributed by atoms with Crippen molar-refractivity contribution in [3.8, 4) is 0 Å². The average molecular weight is 556 g/mol. The summed E-state index contributed by atoms with van der Waals surface area (Å²) >= 11 is 0. The summed E-state index contributed by atoms with van der Waals surface area (Å²) in [5, 5.41) is 1.62. The van der Waals surface area contributed by atoms with E-state index in [0.29, 0.717) is 17.7 Å². The SMILES string of the molecule is CC1(C)CC(=O)C2=C(C1)N(CCc1ccc(F)cc1)C(=O)[C@]2(NC(=O)c1cccc(C(F)(F)F)c1)C(F)(F)F. The molecule has 2 amide bonds. The number of halogens is 7. The minimum Gasteiger partial charge on any atom is -0.326 e. The molecule has 12 heteroatoms. The maximum Gasteiger partial charge on any atom is 0.425 e. The molecule has 5 nitrogen and oxygen atoms in total. The van der Waals surface area contributed by atoms with Crippen molar-refractivity contribution in [1.29, 1.82) is 0 Å². The lowest BCUT2D eigenvalue weighted by molar-refractivity contribution is -0.190. The molecule has 0 spiro atoms. The quantitative estimate of drug-likeness (QED) is 0.488. The third-order valence-corrected chi connectivity index (χ3v) is 6.83. The van der Waals surface area contributed by atoms with Gasteiger partial charge in [0.25, 0.3) is 11.8 Å². The molecule has 0 bridgehead atoms. The van der Waals surface area contributed by atoms with Crippen molar-refractivity contribution in [2.24, 2.45) is 5.41 Å². The summed E-state index contributed by atoms with van der Waals surface area (Å²) in [7, 11) is 0. The third-order valence-electron chi connectivity index (χ3n) is 6.83. The maximum absolute atomic E-state index is 14.9. The van der Waals surface area contributed by atoms with Crippen LogP contribution >= 0.6 is 0 Å². The van der Waals surface area contributed by atoms with Gasteiger partial charge in [-0.05, 0) is 54.2 Å². The number of hydrogen-bond donors (Lipinski definition) is 1. The molecule has 1 atom stereocenters. The lowest BCUT2D eigenvalue weighted by Gasteiger charge is -2.35. The standard InChI is InChI=1S/C27H23F7N2O3/c1-24(2)13-19-21(20(37)14-24)25(27(32,33)34,23(39)36(19)11-10-15-6-8-18(28)9-7-15)35-22(38)16-4-3-5-17(12-16)26(29,30)31/h3-9,12H,10-11,13-14H2,1-2H3,(H,35,38)/t25-/m0/s1. The van der Waals surface area contributed by atoms with Gasteiger partial charge < -0.3 is 10.2 Å². The minimum atomic E-state index is -5.51. The van der Waals surface area contributed by atoms with Crippen LogP contribution in [0, 0.1) is 11.2 Å². The van der Waals surface area contributed by atoms with Crippen LogP contribution < -0.4 is 5.32 Å². The molecular formula is C27H23F7N2O3. The topological polar surface area (TPSA) is 66.5 Å². The molecule has 1 aliphatic carbocycles. The number of carbonyl (C=O) groups excluding carboxylic acids is 3. The summed E-state index contributed by atoms with van der Waals surface area (Å²) in [6.07, 6.45) is -10.8. The van der Waals surface area contributed by atoms with Crippen LogP contribution in [0.25, 0.3) is 0 Å². The molecule has 0 unspecified atom stereocenters. The molecule has 0 saturated heterocycles. The van der Waals surface area contributed by atoms with Gasteiger partial charge in [-0.25, -0.2) is 4.39 Å². The minimum absolute atomic E-state index is 0.00688. The highest BCUT2D eigenvalue weighted by Crippen LogP contribution is 2.51. The van der Waals surface area contributed by atoms with Crippen molar-refractivity contribution in [2.45, 2.75) is 51.0 Å². The molecule has 0 radical (unpaired) electrons. The van der Waals surface area contributed by atoms with Crippen LogP contribution in [0.15, 0.2) is 59.8 Å². The molecule has 208 valence electrons. The molecule has 1 heterocycles. The Labute approximate surface area is 218 Å². The smallest absolute Gasteiger partial charge is 0.326 e. The number of nitrogens with zero attached hydrogens (tertiary/aromatic N) is 1. The number of alkyl halides is 6. The molecule has 0 fully saturated rings. The summed E-state index contributed by atoms with van der Waals surface area (Å²) in [6.45, 7) is 2.97. The number of hydrogen-bond acceptors (Lipinski definition) is 3. The van der Waals surface area contributed by atoms with E-state index in [1.807, 2.05) is 0 Å². The fourth-order valence-electron chi connectivity index (χ4n) is 5.03. The van der Waals surface area contributed by atoms with E-state index in [0.717, 1.165) is 29.2 Å². The lowest BCUT2D eigenvalue weighted by Crippen LogP contribution is -2.66. The number of benzene rings is 2. The second-order valence-corrected chi connectivity index (χ2v) is 10.4. The van der Waals surface area contributed by atoms with Gasteiger partial charge >= 0.3 is 12.4 Å². The number of ketones is 1. The molecule has 2 aromatic carbocycles. The second kappa shape index (κ2) is 9.49. The van der Waals surface area contributed by atoms with Gasteiger partial charge in [-0.2, -0.15) is 26.3 Å². The van der Waals surface area contributed by atoms with Crippen molar-refractivity contribution in [1.82, 2.24) is 10.2 Å². The lowest BCUT2D eigenvalue weighted by atomic mass is 9.72. The van der Waals surface area contributed by atoms with E-state index >= 15 is 0 Å². The van der Waals surface area contributed by atoms with Crippen LogP contribution in [0.5, 0.6) is 0 Å². The largest absolute Gasteiger partial charge is 0.425 e. The van der Waals surface area contributed by atoms with E-state index < -0.39 is 63.4 Å². The Hall–Kier alpha value is -3.70. The van der Waals surface area contributed by atoms with Gasteiger partial charge in [0.05, 0.1) is 11.1 Å². The summed E-state index contributed by atoms with van der Waals surface area (Å²) in [4.78, 5) is 40.6. The summed E-state index contributed by atoms with van der Waals surface area (Å²) in [5.74, 6) is -4.76. The second-order valence-electron chi connectivity index (χ2n) is 10.4. The highest BCUT2D eigenvalue weighted by Gasteiger charge is 2.71. The maximum atomic E-state index is 14.9. The fourth-order valence-corrected chi connectivity index (χ4v) is 5.03. The molecule has 1 aliphatic heterocycles. The third kappa shape index (κ3) is 5.16. The number of allylic oxidation sites excluding steroid dienone is 1. The monoisotopic (exact) mass is 556 g/mol. The van der Waals surface area contributed by atoms with Crippen molar-refractivity contribution in [2.75, 3.05) is 6.54 Å². The zero-order valence-corrected chi connectivity index (χ0v) is 20.8. The van der Waals surface area contributed by atoms with Gasteiger partial charge in [-0.1, -0.05) is 32.0 Å². The van der Waals surface area contributed by atoms with Gasteiger partial charge in [0, 0.05) is 24.2 Å². The highest BCUT2D eigenvalue weighted by atomic mass is 19.4. The van der Waals surface area contributed by atoms with Crippen molar-refractivity contribution < 1.29 is 45.1 Å². The van der Waals surface area contributed by atoms with Gasteiger partial charge in [0.1, 0.15) is 5.82 Å². The Morgan fingerprint density at radius 2 is 1.62 bits per heavy atom. The number of Topliss-reactive ketones (excluding diaryl/α,β-unsaturated/α-hetero) is 1. The molecule has 39 heavy (non-hydrogen) atoms. The summed E-state index contributed by atoms with van der Waals surface area (Å²) < 4.78 is 97.3. The van der Waals surface area contributed by atoms with Gasteiger partial charge in [0.15, 0.2) is 5.78 Å². The summed E-state index contributed by atoms with van der Waals surface area (Å²) in [6, 6.07) is 7.82. The van der Waals surface area contributed by atoms with Crippen LogP contribution in [0.2, 0.25) is 0 Å². The van der Waals surface area contributed by atoms with Crippen LogP contribution in [-0.2, 0) is 22.2 Å². The van der Waals surface area contributed by atoms with Crippen LogP contribution in [-0.4, -0.2) is 40.8 Å². The predicted molar refractivity (Wildman–Crippen MR) is 125 cm³/mol. The number of rotatable bonds is 5. The van der Waals surface area contributed by atoms with Crippen molar-refractivity contribution >= 4 is 17.6 Å². The van der Waals surface area contributed by atoms with E-state index in [-0.39, 0.29) is 31.5 Å². The first-order valence-corrected chi connectivity index (χ1v) is 11.9. The zero-order chi connectivity index (χ0) is 29.0. The van der Waals surface area contributed by atoms with Crippen molar-refractivity contribution in [3.63, 3.8) is 0 Å². The van der Waals surface area contributed by atoms with Gasteiger partial charge in [0.2, 0.25) is 5.54 Å². The molecule has 4 rings (SSSR count). The highest BCUT2D eigenvalue weighted by molar-refractivity contribution is 6.14. The number of nitrogens with one attached hydrogen (secondary N) is 1. The van der Waals surface area contributed by atoms with Gasteiger partial charge in [-0.15, -0.1) is 0 Å². The normalized spacial score (nSPS) is 21.3. The van der Waals surface area contributed by atoms with Crippen molar-refractivity contribution in [3.05, 3.63) is 82.3 Å². The Balaban J connectivity index is 1.79. The number of carbonyl (C=O) groups is 3. The van der Waals surface area contributed by atoms with Gasteiger partial charge in [-0.3, -0.25) is 14.4 Å². The number of amides is 2. The molecule has 0 saturated carbocycles. The van der Waals surface area contributed by atoms with E-state index in [4.69, 9.17) is 0 Å². The van der Waals surface area contributed by atoms with E-state index in [2.05, 4.69) is 0 Å². The average Bonchev–Trinajstić information content (AvgIpc) is 3.05. The Kier molecular flexibility index (Phi) is 6.89. The van der Waals surface area contributed by atoms with E-state index in [1.165, 1.54) is 12.1 Å². The van der Waals surface area contributed by atoms with E-state index in [9.17, 15) is 45.1 Å². The van der Waals surface area contributed by atoms with Crippen LogP contribution in [0.3, 0.4) is 0 Å². The molecule has 2 aromatic rings. The Bertz CT molecular complexity index is 1360. The zero-order valence-electron chi connectivity index (χ0n) is 20.8. The first kappa shape index (κ1) is 28.3. The van der Waals surface area contributed by atoms with Crippen LogP contribution in [0.1, 0.15) is 48.2 Å².